The molecule has 3 heterocycles. The zero-order valence-electron chi connectivity index (χ0n) is 15.6. The second kappa shape index (κ2) is 8.66. The Morgan fingerprint density at radius 1 is 1.36 bits per heavy atom. The molecular weight excluding hydrogens is 365 g/mol. The molecule has 28 heavy (non-hydrogen) atoms. The number of aliphatic hydroxyl groups is 1. The minimum absolute atomic E-state index is 0.0380. The van der Waals surface area contributed by atoms with E-state index in [1.165, 1.54) is 28.9 Å². The van der Waals surface area contributed by atoms with E-state index in [9.17, 15) is 14.3 Å². The maximum atomic E-state index is 13.6. The van der Waals surface area contributed by atoms with Gasteiger partial charge in [-0.25, -0.2) is 13.9 Å². The SMILES string of the molecule is CC.O=C1NC(CO)COc2ccc(F)cc2CNc2ccn3ncc1c3n2. The van der Waals surface area contributed by atoms with Gasteiger partial charge >= 0.3 is 0 Å². The van der Waals surface area contributed by atoms with Crippen LogP contribution >= 0.6 is 0 Å². The van der Waals surface area contributed by atoms with Crippen LogP contribution in [-0.2, 0) is 6.54 Å². The Bertz CT molecular complexity index is 975. The maximum absolute atomic E-state index is 13.6. The fourth-order valence-electron chi connectivity index (χ4n) is 2.73. The molecular formula is C19H22FN5O3. The Labute approximate surface area is 161 Å². The van der Waals surface area contributed by atoms with Gasteiger partial charge in [0.05, 0.1) is 18.8 Å². The van der Waals surface area contributed by atoms with Gasteiger partial charge in [-0.2, -0.15) is 5.10 Å². The van der Waals surface area contributed by atoms with Gasteiger partial charge in [-0.15, -0.1) is 0 Å². The molecule has 1 unspecified atom stereocenters. The highest BCUT2D eigenvalue weighted by atomic mass is 19.1. The third-order valence-electron chi connectivity index (χ3n) is 4.09. The van der Waals surface area contributed by atoms with Gasteiger partial charge < -0.3 is 20.5 Å². The van der Waals surface area contributed by atoms with Gasteiger partial charge in [-0.05, 0) is 24.3 Å². The second-order valence-corrected chi connectivity index (χ2v) is 5.91. The third-order valence-corrected chi connectivity index (χ3v) is 4.09. The summed E-state index contributed by atoms with van der Waals surface area (Å²) in [7, 11) is 0. The Kier molecular flexibility index (Phi) is 6.05. The maximum Gasteiger partial charge on any atom is 0.257 e. The quantitative estimate of drug-likeness (QED) is 0.590. The first-order chi connectivity index (χ1) is 13.6. The fourth-order valence-corrected chi connectivity index (χ4v) is 2.73. The number of halogens is 1. The van der Waals surface area contributed by atoms with E-state index in [4.69, 9.17) is 4.74 Å². The summed E-state index contributed by atoms with van der Waals surface area (Å²) in [6.07, 6.45) is 3.09. The lowest BCUT2D eigenvalue weighted by Gasteiger charge is -2.18. The molecule has 1 aliphatic rings. The van der Waals surface area contributed by atoms with Crippen molar-refractivity contribution in [2.75, 3.05) is 18.5 Å². The molecule has 1 atom stereocenters. The standard InChI is InChI=1S/C17H16FN5O3.C2H6/c18-11-1-2-14-10(5-11)6-19-15-3-4-23-16(22-15)13(7-20-23)17(25)21-12(8-24)9-26-14;1-2/h1-5,7,12,24H,6,8-9H2,(H,19,22)(H,21,25);1-2H3. The van der Waals surface area contributed by atoms with E-state index in [0.717, 1.165) is 0 Å². The molecule has 9 heteroatoms. The molecule has 2 aromatic heterocycles. The minimum Gasteiger partial charge on any atom is -0.491 e. The van der Waals surface area contributed by atoms with Crippen molar-refractivity contribution < 1.29 is 19.0 Å². The van der Waals surface area contributed by atoms with E-state index in [1.54, 1.807) is 12.3 Å². The van der Waals surface area contributed by atoms with E-state index in [1.807, 2.05) is 13.8 Å². The number of anilines is 1. The average molecular weight is 387 g/mol. The van der Waals surface area contributed by atoms with Gasteiger partial charge in [-0.3, -0.25) is 4.79 Å². The summed E-state index contributed by atoms with van der Waals surface area (Å²) < 4.78 is 20.8. The van der Waals surface area contributed by atoms with Crippen molar-refractivity contribution in [1.82, 2.24) is 19.9 Å². The number of ether oxygens (including phenoxy) is 1. The number of benzene rings is 1. The molecule has 0 spiro atoms. The first kappa shape index (κ1) is 19.6. The van der Waals surface area contributed by atoms with Crippen molar-refractivity contribution in [2.24, 2.45) is 0 Å². The predicted octanol–water partition coefficient (Wildman–Crippen LogP) is 1.99. The fraction of sp³-hybridized carbons (Fsp3) is 0.316. The number of hydrogen-bond acceptors (Lipinski definition) is 6. The van der Waals surface area contributed by atoms with Gasteiger partial charge in [0.15, 0.2) is 5.65 Å². The molecule has 0 fully saturated rings. The summed E-state index contributed by atoms with van der Waals surface area (Å²) in [5, 5.41) is 19.4. The van der Waals surface area contributed by atoms with Crippen molar-refractivity contribution in [1.29, 1.82) is 0 Å². The lowest BCUT2D eigenvalue weighted by atomic mass is 10.2. The second-order valence-electron chi connectivity index (χ2n) is 5.91. The molecule has 148 valence electrons. The molecule has 1 aliphatic heterocycles. The predicted molar refractivity (Wildman–Crippen MR) is 102 cm³/mol. The lowest BCUT2D eigenvalue weighted by molar-refractivity contribution is 0.0890. The zero-order valence-corrected chi connectivity index (χ0v) is 15.6. The van der Waals surface area contributed by atoms with Crippen LogP contribution in [0.25, 0.3) is 5.65 Å². The summed E-state index contributed by atoms with van der Waals surface area (Å²) in [4.78, 5) is 16.9. The average Bonchev–Trinajstić information content (AvgIpc) is 3.14. The summed E-state index contributed by atoms with van der Waals surface area (Å²) >= 11 is 0. The van der Waals surface area contributed by atoms with Crippen molar-refractivity contribution in [2.45, 2.75) is 26.4 Å². The van der Waals surface area contributed by atoms with Gasteiger partial charge in [0.25, 0.3) is 5.91 Å². The molecule has 3 aromatic rings. The van der Waals surface area contributed by atoms with E-state index in [2.05, 4.69) is 20.7 Å². The summed E-state index contributed by atoms with van der Waals surface area (Å²) in [6.45, 7) is 4.01. The Morgan fingerprint density at radius 2 is 2.18 bits per heavy atom. The van der Waals surface area contributed by atoms with Crippen molar-refractivity contribution >= 4 is 17.4 Å². The molecule has 1 amide bonds. The number of aliphatic hydroxyl groups excluding tert-OH is 1. The van der Waals surface area contributed by atoms with Crippen LogP contribution < -0.4 is 15.4 Å². The van der Waals surface area contributed by atoms with Gasteiger partial charge in [0.1, 0.15) is 29.6 Å². The number of rotatable bonds is 1. The monoisotopic (exact) mass is 387 g/mol. The molecule has 8 nitrogen and oxygen atoms in total. The summed E-state index contributed by atoms with van der Waals surface area (Å²) in [5.74, 6) is 0.188. The molecule has 3 N–H and O–H groups in total. The van der Waals surface area contributed by atoms with E-state index in [-0.39, 0.29) is 31.1 Å². The van der Waals surface area contributed by atoms with Crippen LogP contribution in [0.3, 0.4) is 0 Å². The van der Waals surface area contributed by atoms with Crippen LogP contribution in [0.4, 0.5) is 10.2 Å². The number of aromatic nitrogens is 3. The Balaban J connectivity index is 0.00000109. The third kappa shape index (κ3) is 4.04. The van der Waals surface area contributed by atoms with Gasteiger partial charge in [0.2, 0.25) is 0 Å². The first-order valence-electron chi connectivity index (χ1n) is 9.05. The van der Waals surface area contributed by atoms with Crippen LogP contribution in [0, 0.1) is 5.82 Å². The summed E-state index contributed by atoms with van der Waals surface area (Å²) in [5.41, 5.74) is 1.27. The van der Waals surface area contributed by atoms with Crippen molar-refractivity contribution in [3.8, 4) is 5.75 Å². The zero-order chi connectivity index (χ0) is 20.1. The number of carbonyl (C=O) groups is 1. The number of amides is 1. The van der Waals surface area contributed by atoms with E-state index >= 15 is 0 Å². The molecule has 0 radical (unpaired) electrons. The normalized spacial score (nSPS) is 16.3. The van der Waals surface area contributed by atoms with Crippen molar-refractivity contribution in [3.63, 3.8) is 0 Å². The van der Waals surface area contributed by atoms with Crippen LogP contribution in [0.5, 0.6) is 5.75 Å². The highest BCUT2D eigenvalue weighted by Crippen LogP contribution is 2.22. The Morgan fingerprint density at radius 3 is 2.96 bits per heavy atom. The van der Waals surface area contributed by atoms with Crippen LogP contribution in [0.15, 0.2) is 36.7 Å². The lowest BCUT2D eigenvalue weighted by Crippen LogP contribution is -2.41. The van der Waals surface area contributed by atoms with E-state index < -0.39 is 11.9 Å². The van der Waals surface area contributed by atoms with Crippen LogP contribution in [0.1, 0.15) is 29.8 Å². The van der Waals surface area contributed by atoms with Gasteiger partial charge in [0, 0.05) is 18.3 Å². The van der Waals surface area contributed by atoms with Crippen LogP contribution in [-0.4, -0.2) is 44.9 Å². The molecule has 4 rings (SSSR count). The number of nitrogens with one attached hydrogen (secondary N) is 2. The van der Waals surface area contributed by atoms with E-state index in [0.29, 0.717) is 22.8 Å². The minimum atomic E-state index is -0.632. The largest absolute Gasteiger partial charge is 0.491 e. The number of fused-ring (bicyclic) bond motifs is 2. The highest BCUT2D eigenvalue weighted by Gasteiger charge is 2.20. The number of hydrogen-bond donors (Lipinski definition) is 3. The number of nitrogens with zero attached hydrogens (tertiary/aromatic N) is 3. The number of carbonyl (C=O) groups excluding carboxylic acids is 1. The molecule has 2 bridgehead atoms. The highest BCUT2D eigenvalue weighted by molar-refractivity contribution is 5.99. The Hall–Kier alpha value is -3.20. The smallest absolute Gasteiger partial charge is 0.257 e. The van der Waals surface area contributed by atoms with Gasteiger partial charge in [-0.1, -0.05) is 13.8 Å². The van der Waals surface area contributed by atoms with Crippen molar-refractivity contribution in [3.05, 3.63) is 53.6 Å². The summed E-state index contributed by atoms with van der Waals surface area (Å²) in [6, 6.07) is 5.26. The molecule has 0 aliphatic carbocycles. The molecule has 1 aromatic carbocycles. The molecule has 0 saturated carbocycles. The van der Waals surface area contributed by atoms with Crippen LogP contribution in [0.2, 0.25) is 0 Å². The topological polar surface area (TPSA) is 101 Å². The first-order valence-corrected chi connectivity index (χ1v) is 9.05. The molecule has 0 saturated heterocycles.